The molecule has 0 saturated carbocycles. The first-order valence-corrected chi connectivity index (χ1v) is 5.52. The quantitative estimate of drug-likeness (QED) is 0.524. The normalized spacial score (nSPS) is 19.9. The van der Waals surface area contributed by atoms with Crippen LogP contribution in [0.15, 0.2) is 12.1 Å². The standard InChI is InChI=1S/C10H14N4O3/c15-10(12-7-2-1-5-11-6-7)8-3-4-9(13-8)14(16)17/h3-4,7,11,13H,1-2,5-6H2,(H,12,15)/t7-/m0/s1. The molecule has 7 nitrogen and oxygen atoms in total. The summed E-state index contributed by atoms with van der Waals surface area (Å²) in [4.78, 5) is 24.1. The van der Waals surface area contributed by atoms with Crippen molar-refractivity contribution in [2.24, 2.45) is 0 Å². The maximum atomic E-state index is 11.8. The Labute approximate surface area is 97.7 Å². The van der Waals surface area contributed by atoms with Crippen LogP contribution < -0.4 is 10.6 Å². The minimum absolute atomic E-state index is 0.0959. The summed E-state index contributed by atoms with van der Waals surface area (Å²) in [6.07, 6.45) is 1.96. The number of hydrogen-bond donors (Lipinski definition) is 3. The van der Waals surface area contributed by atoms with E-state index in [9.17, 15) is 14.9 Å². The summed E-state index contributed by atoms with van der Waals surface area (Å²) in [7, 11) is 0. The summed E-state index contributed by atoms with van der Waals surface area (Å²) < 4.78 is 0. The van der Waals surface area contributed by atoms with Gasteiger partial charge in [-0.3, -0.25) is 4.79 Å². The number of hydrogen-bond acceptors (Lipinski definition) is 4. The largest absolute Gasteiger partial charge is 0.358 e. The SMILES string of the molecule is O=C(N[C@H]1CCCNC1)c1ccc([N+](=O)[O-])[nH]1. The molecule has 7 heteroatoms. The third-order valence-corrected chi connectivity index (χ3v) is 2.74. The van der Waals surface area contributed by atoms with E-state index in [-0.39, 0.29) is 23.5 Å². The number of aromatic amines is 1. The predicted octanol–water partition coefficient (Wildman–Crippen LogP) is 0.405. The van der Waals surface area contributed by atoms with Crippen molar-refractivity contribution in [2.45, 2.75) is 18.9 Å². The van der Waals surface area contributed by atoms with Crippen LogP contribution in [0.3, 0.4) is 0 Å². The van der Waals surface area contributed by atoms with Gasteiger partial charge >= 0.3 is 5.82 Å². The van der Waals surface area contributed by atoms with Crippen LogP contribution in [0, 0.1) is 10.1 Å². The number of nitrogens with zero attached hydrogens (tertiary/aromatic N) is 1. The minimum atomic E-state index is -0.557. The average molecular weight is 238 g/mol. The second kappa shape index (κ2) is 4.96. The zero-order chi connectivity index (χ0) is 12.3. The van der Waals surface area contributed by atoms with Crippen molar-refractivity contribution < 1.29 is 9.72 Å². The summed E-state index contributed by atoms with van der Waals surface area (Å²) in [5.41, 5.74) is 0.224. The first-order valence-electron chi connectivity index (χ1n) is 5.52. The van der Waals surface area contributed by atoms with E-state index in [0.29, 0.717) is 0 Å². The number of nitro groups is 1. The van der Waals surface area contributed by atoms with Crippen LogP contribution in [0.5, 0.6) is 0 Å². The van der Waals surface area contributed by atoms with Gasteiger partial charge in [-0.2, -0.15) is 0 Å². The van der Waals surface area contributed by atoms with Crippen molar-refractivity contribution in [3.05, 3.63) is 27.9 Å². The molecule has 92 valence electrons. The van der Waals surface area contributed by atoms with Crippen LogP contribution in [0.25, 0.3) is 0 Å². The lowest BCUT2D eigenvalue weighted by molar-refractivity contribution is -0.389. The highest BCUT2D eigenvalue weighted by molar-refractivity contribution is 5.93. The van der Waals surface area contributed by atoms with Crippen LogP contribution in [-0.2, 0) is 0 Å². The predicted molar refractivity (Wildman–Crippen MR) is 60.8 cm³/mol. The van der Waals surface area contributed by atoms with Gasteiger partial charge in [-0.15, -0.1) is 0 Å². The molecule has 1 atom stereocenters. The van der Waals surface area contributed by atoms with Crippen molar-refractivity contribution in [1.82, 2.24) is 15.6 Å². The van der Waals surface area contributed by atoms with Gasteiger partial charge in [0.25, 0.3) is 5.91 Å². The van der Waals surface area contributed by atoms with Crippen LogP contribution in [-0.4, -0.2) is 34.9 Å². The molecule has 0 radical (unpaired) electrons. The fourth-order valence-corrected chi connectivity index (χ4v) is 1.86. The smallest absolute Gasteiger partial charge is 0.321 e. The Morgan fingerprint density at radius 2 is 2.35 bits per heavy atom. The van der Waals surface area contributed by atoms with E-state index in [2.05, 4.69) is 15.6 Å². The minimum Gasteiger partial charge on any atom is -0.358 e. The number of H-pyrrole nitrogens is 1. The maximum Gasteiger partial charge on any atom is 0.321 e. The van der Waals surface area contributed by atoms with Gasteiger partial charge in [0.2, 0.25) is 0 Å². The van der Waals surface area contributed by atoms with Crippen molar-refractivity contribution in [2.75, 3.05) is 13.1 Å². The van der Waals surface area contributed by atoms with Crippen molar-refractivity contribution in [3.63, 3.8) is 0 Å². The fraction of sp³-hybridized carbons (Fsp3) is 0.500. The number of rotatable bonds is 3. The molecule has 1 amide bonds. The second-order valence-corrected chi connectivity index (χ2v) is 4.03. The van der Waals surface area contributed by atoms with Crippen molar-refractivity contribution >= 4 is 11.7 Å². The molecule has 0 aliphatic carbocycles. The Balaban J connectivity index is 1.96. The van der Waals surface area contributed by atoms with Gasteiger partial charge < -0.3 is 20.7 Å². The Bertz CT molecular complexity index is 423. The van der Waals surface area contributed by atoms with Gasteiger partial charge in [-0.25, -0.2) is 4.98 Å². The molecule has 0 bridgehead atoms. The summed E-state index contributed by atoms with van der Waals surface area (Å²) >= 11 is 0. The maximum absolute atomic E-state index is 11.8. The first kappa shape index (κ1) is 11.6. The Hall–Kier alpha value is -1.89. The van der Waals surface area contributed by atoms with Crippen LogP contribution in [0.4, 0.5) is 5.82 Å². The molecular weight excluding hydrogens is 224 g/mol. The lowest BCUT2D eigenvalue weighted by Gasteiger charge is -2.23. The molecule has 3 N–H and O–H groups in total. The third kappa shape index (κ3) is 2.82. The van der Waals surface area contributed by atoms with Gasteiger partial charge in [-0.05, 0) is 30.4 Å². The average Bonchev–Trinajstić information content (AvgIpc) is 2.79. The first-order chi connectivity index (χ1) is 8.16. The Kier molecular flexibility index (Phi) is 3.38. The number of amides is 1. The number of carbonyl (C=O) groups excluding carboxylic acids is 1. The number of aromatic nitrogens is 1. The molecule has 1 aliphatic heterocycles. The molecule has 0 spiro atoms. The lowest BCUT2D eigenvalue weighted by atomic mass is 10.1. The zero-order valence-corrected chi connectivity index (χ0v) is 9.23. The highest BCUT2D eigenvalue weighted by Gasteiger charge is 2.20. The fourth-order valence-electron chi connectivity index (χ4n) is 1.86. The molecule has 0 aromatic carbocycles. The van der Waals surface area contributed by atoms with Gasteiger partial charge in [0.15, 0.2) is 5.69 Å². The van der Waals surface area contributed by atoms with E-state index in [0.717, 1.165) is 25.9 Å². The van der Waals surface area contributed by atoms with E-state index < -0.39 is 4.92 Å². The topological polar surface area (TPSA) is 100 Å². The second-order valence-electron chi connectivity index (χ2n) is 4.03. The monoisotopic (exact) mass is 238 g/mol. The molecule has 1 saturated heterocycles. The van der Waals surface area contributed by atoms with Crippen LogP contribution in [0.2, 0.25) is 0 Å². The molecule has 1 aromatic heterocycles. The third-order valence-electron chi connectivity index (χ3n) is 2.74. The van der Waals surface area contributed by atoms with E-state index >= 15 is 0 Å². The zero-order valence-electron chi connectivity index (χ0n) is 9.23. The van der Waals surface area contributed by atoms with Gasteiger partial charge in [0.1, 0.15) is 0 Å². The summed E-state index contributed by atoms with van der Waals surface area (Å²) in [5, 5.41) is 16.5. The number of piperidine rings is 1. The van der Waals surface area contributed by atoms with E-state index in [1.807, 2.05) is 0 Å². The van der Waals surface area contributed by atoms with E-state index in [1.54, 1.807) is 0 Å². The number of carbonyl (C=O) groups is 1. The van der Waals surface area contributed by atoms with Crippen LogP contribution in [0.1, 0.15) is 23.3 Å². The molecule has 2 rings (SSSR count). The summed E-state index contributed by atoms with van der Waals surface area (Å²) in [5.74, 6) is -0.469. The molecular formula is C10H14N4O3. The molecule has 17 heavy (non-hydrogen) atoms. The van der Waals surface area contributed by atoms with Gasteiger partial charge in [0, 0.05) is 18.7 Å². The molecule has 1 fully saturated rings. The number of nitrogens with one attached hydrogen (secondary N) is 3. The van der Waals surface area contributed by atoms with Gasteiger partial charge in [0.05, 0.1) is 0 Å². The van der Waals surface area contributed by atoms with Crippen molar-refractivity contribution in [1.29, 1.82) is 0 Å². The van der Waals surface area contributed by atoms with E-state index in [4.69, 9.17) is 0 Å². The van der Waals surface area contributed by atoms with Gasteiger partial charge in [-0.1, -0.05) is 0 Å². The molecule has 2 heterocycles. The summed E-state index contributed by atoms with van der Waals surface area (Å²) in [6, 6.07) is 2.80. The highest BCUT2D eigenvalue weighted by Crippen LogP contribution is 2.10. The molecule has 1 aromatic rings. The Morgan fingerprint density at radius 1 is 1.53 bits per heavy atom. The highest BCUT2D eigenvalue weighted by atomic mass is 16.6. The van der Waals surface area contributed by atoms with Crippen molar-refractivity contribution in [3.8, 4) is 0 Å². The lowest BCUT2D eigenvalue weighted by Crippen LogP contribution is -2.45. The molecule has 0 unspecified atom stereocenters. The summed E-state index contributed by atoms with van der Waals surface area (Å²) in [6.45, 7) is 1.72. The Morgan fingerprint density at radius 3 is 2.94 bits per heavy atom. The van der Waals surface area contributed by atoms with E-state index in [1.165, 1.54) is 12.1 Å². The molecule has 1 aliphatic rings. The van der Waals surface area contributed by atoms with Crippen LogP contribution >= 0.6 is 0 Å².